The molecule has 0 aliphatic heterocycles. The van der Waals surface area contributed by atoms with Gasteiger partial charge in [0.15, 0.2) is 0 Å². The molecule has 98 valence electrons. The molecule has 1 aliphatic carbocycles. The van der Waals surface area contributed by atoms with Gasteiger partial charge in [-0.2, -0.15) is 0 Å². The van der Waals surface area contributed by atoms with Gasteiger partial charge in [0, 0.05) is 24.0 Å². The van der Waals surface area contributed by atoms with E-state index in [1.54, 1.807) is 6.07 Å². The molecule has 0 saturated heterocycles. The van der Waals surface area contributed by atoms with E-state index in [0.29, 0.717) is 12.6 Å². The van der Waals surface area contributed by atoms with E-state index in [2.05, 4.69) is 29.6 Å². The monoisotopic (exact) mass is 274 g/mol. The van der Waals surface area contributed by atoms with Crippen LogP contribution in [0.1, 0.15) is 29.2 Å². The second-order valence-electron chi connectivity index (χ2n) is 4.72. The number of rotatable bonds is 4. The van der Waals surface area contributed by atoms with Gasteiger partial charge in [0.25, 0.3) is 0 Å². The number of hydrogen-bond donors (Lipinski definition) is 1. The molecule has 5 heteroatoms. The molecule has 0 amide bonds. The molecule has 1 aromatic heterocycles. The maximum atomic E-state index is 10.6. The molecule has 0 saturated carbocycles. The first-order valence-electron chi connectivity index (χ1n) is 6.27. The number of benzene rings is 1. The van der Waals surface area contributed by atoms with Gasteiger partial charge in [-0.1, -0.05) is 35.6 Å². The molecule has 1 heterocycles. The molecule has 0 bridgehead atoms. The van der Waals surface area contributed by atoms with E-state index in [0.717, 1.165) is 18.4 Å². The summed E-state index contributed by atoms with van der Waals surface area (Å²) < 4.78 is 0. The summed E-state index contributed by atoms with van der Waals surface area (Å²) in [7, 11) is 0. The van der Waals surface area contributed by atoms with E-state index in [1.165, 1.54) is 22.5 Å². The third-order valence-electron chi connectivity index (χ3n) is 3.51. The van der Waals surface area contributed by atoms with Crippen molar-refractivity contribution in [3.63, 3.8) is 0 Å². The van der Waals surface area contributed by atoms with E-state index in [4.69, 9.17) is 0 Å². The molecule has 3 rings (SSSR count). The third kappa shape index (κ3) is 2.52. The summed E-state index contributed by atoms with van der Waals surface area (Å²) >= 11 is 1.19. The number of aryl methyl sites for hydroxylation is 1. The van der Waals surface area contributed by atoms with Crippen molar-refractivity contribution in [2.45, 2.75) is 25.4 Å². The van der Waals surface area contributed by atoms with Crippen LogP contribution in [0.5, 0.6) is 0 Å². The van der Waals surface area contributed by atoms with Crippen molar-refractivity contribution < 1.29 is 4.92 Å². The normalized spacial score (nSPS) is 17.4. The standard InChI is InChI=1S/C14H14N2O2S/c17-16(18)14-7-10(9-19-14)8-15-13-6-5-11-3-1-2-4-12(11)13/h1-4,7,9,13,15H,5-6,8H2. The van der Waals surface area contributed by atoms with Crippen LogP contribution in [0.15, 0.2) is 35.7 Å². The number of thiophene rings is 1. The summed E-state index contributed by atoms with van der Waals surface area (Å²) in [6.07, 6.45) is 2.21. The first kappa shape index (κ1) is 12.3. The molecular weight excluding hydrogens is 260 g/mol. The fourth-order valence-electron chi connectivity index (χ4n) is 2.56. The van der Waals surface area contributed by atoms with Crippen LogP contribution in [0.25, 0.3) is 0 Å². The van der Waals surface area contributed by atoms with Gasteiger partial charge in [0.05, 0.1) is 4.92 Å². The topological polar surface area (TPSA) is 55.2 Å². The highest BCUT2D eigenvalue weighted by molar-refractivity contribution is 7.13. The van der Waals surface area contributed by atoms with Crippen LogP contribution < -0.4 is 5.32 Å². The molecule has 1 unspecified atom stereocenters. The van der Waals surface area contributed by atoms with Crippen LogP contribution in [0.3, 0.4) is 0 Å². The predicted molar refractivity (Wildman–Crippen MR) is 75.3 cm³/mol. The van der Waals surface area contributed by atoms with Gasteiger partial charge >= 0.3 is 5.00 Å². The maximum Gasteiger partial charge on any atom is 0.324 e. The first-order valence-corrected chi connectivity index (χ1v) is 7.15. The van der Waals surface area contributed by atoms with Crippen LogP contribution >= 0.6 is 11.3 Å². The molecule has 1 aliphatic rings. The first-order chi connectivity index (χ1) is 9.24. The Hall–Kier alpha value is -1.72. The Balaban J connectivity index is 1.65. The van der Waals surface area contributed by atoms with Gasteiger partial charge in [0.2, 0.25) is 0 Å². The van der Waals surface area contributed by atoms with Crippen molar-refractivity contribution in [3.05, 3.63) is 62.5 Å². The number of fused-ring (bicyclic) bond motifs is 1. The summed E-state index contributed by atoms with van der Waals surface area (Å²) in [6.45, 7) is 0.684. The zero-order valence-electron chi connectivity index (χ0n) is 10.3. The zero-order chi connectivity index (χ0) is 13.2. The molecule has 4 nitrogen and oxygen atoms in total. The van der Waals surface area contributed by atoms with Crippen LogP contribution in [-0.2, 0) is 13.0 Å². The quantitative estimate of drug-likeness (QED) is 0.686. The molecule has 2 aromatic rings. The molecule has 0 radical (unpaired) electrons. The lowest BCUT2D eigenvalue weighted by molar-refractivity contribution is -0.380. The zero-order valence-corrected chi connectivity index (χ0v) is 11.2. The Kier molecular flexibility index (Phi) is 3.31. The Labute approximate surface area is 115 Å². The van der Waals surface area contributed by atoms with Crippen molar-refractivity contribution in [1.29, 1.82) is 0 Å². The van der Waals surface area contributed by atoms with Gasteiger partial charge in [-0.25, -0.2) is 0 Å². The molecule has 0 spiro atoms. The molecule has 19 heavy (non-hydrogen) atoms. The van der Waals surface area contributed by atoms with Gasteiger partial charge < -0.3 is 5.32 Å². The number of nitrogens with one attached hydrogen (secondary N) is 1. The van der Waals surface area contributed by atoms with E-state index < -0.39 is 0 Å². The summed E-state index contributed by atoms with van der Waals surface area (Å²) in [5.74, 6) is 0. The summed E-state index contributed by atoms with van der Waals surface area (Å²) in [6, 6.07) is 10.5. The van der Waals surface area contributed by atoms with Gasteiger partial charge in [-0.15, -0.1) is 0 Å². The van der Waals surface area contributed by atoms with E-state index in [1.807, 2.05) is 5.38 Å². The summed E-state index contributed by atoms with van der Waals surface area (Å²) in [5.41, 5.74) is 3.77. The van der Waals surface area contributed by atoms with Crippen LogP contribution in [0.4, 0.5) is 5.00 Å². The predicted octanol–water partition coefficient (Wildman–Crippen LogP) is 3.43. The lowest BCUT2D eigenvalue weighted by atomic mass is 10.1. The van der Waals surface area contributed by atoms with Crippen LogP contribution in [0.2, 0.25) is 0 Å². The van der Waals surface area contributed by atoms with Gasteiger partial charge in [-0.05, 0) is 29.5 Å². The molecule has 0 fully saturated rings. The molecule has 1 N–H and O–H groups in total. The smallest absolute Gasteiger partial charge is 0.306 e. The minimum Gasteiger partial charge on any atom is -0.306 e. The van der Waals surface area contributed by atoms with E-state index in [9.17, 15) is 10.1 Å². The minimum absolute atomic E-state index is 0.212. The van der Waals surface area contributed by atoms with Crippen LogP contribution in [0, 0.1) is 10.1 Å². The highest BCUT2D eigenvalue weighted by Crippen LogP contribution is 2.31. The van der Waals surface area contributed by atoms with Gasteiger partial charge in [0.1, 0.15) is 0 Å². The average Bonchev–Trinajstić information content (AvgIpc) is 3.03. The Morgan fingerprint density at radius 1 is 1.42 bits per heavy atom. The Morgan fingerprint density at radius 2 is 2.26 bits per heavy atom. The number of nitrogens with zero attached hydrogens (tertiary/aromatic N) is 1. The minimum atomic E-state index is -0.334. The Morgan fingerprint density at radius 3 is 3.05 bits per heavy atom. The van der Waals surface area contributed by atoms with E-state index >= 15 is 0 Å². The molecule has 1 aromatic carbocycles. The molecular formula is C14H14N2O2S. The molecule has 1 atom stereocenters. The van der Waals surface area contributed by atoms with Crippen molar-refractivity contribution in [2.24, 2.45) is 0 Å². The summed E-state index contributed by atoms with van der Waals surface area (Å²) in [5, 5.41) is 16.2. The number of nitro groups is 1. The van der Waals surface area contributed by atoms with Crippen molar-refractivity contribution in [3.8, 4) is 0 Å². The SMILES string of the molecule is O=[N+]([O-])c1cc(CNC2CCc3ccccc32)cs1. The van der Waals surface area contributed by atoms with E-state index in [-0.39, 0.29) is 9.92 Å². The fourth-order valence-corrected chi connectivity index (χ4v) is 3.29. The second-order valence-corrected chi connectivity index (χ2v) is 5.61. The lowest BCUT2D eigenvalue weighted by Gasteiger charge is -2.13. The maximum absolute atomic E-state index is 10.6. The largest absolute Gasteiger partial charge is 0.324 e. The van der Waals surface area contributed by atoms with Crippen LogP contribution in [-0.4, -0.2) is 4.92 Å². The van der Waals surface area contributed by atoms with Gasteiger partial charge in [-0.3, -0.25) is 10.1 Å². The van der Waals surface area contributed by atoms with Crippen molar-refractivity contribution >= 4 is 16.3 Å². The Bertz CT molecular complexity index is 609. The van der Waals surface area contributed by atoms with Crippen molar-refractivity contribution in [1.82, 2.24) is 5.32 Å². The van der Waals surface area contributed by atoms with Crippen molar-refractivity contribution in [2.75, 3.05) is 0 Å². The number of hydrogen-bond acceptors (Lipinski definition) is 4. The third-order valence-corrected chi connectivity index (χ3v) is 4.43. The average molecular weight is 274 g/mol. The summed E-state index contributed by atoms with van der Waals surface area (Å²) in [4.78, 5) is 10.3. The highest BCUT2D eigenvalue weighted by Gasteiger charge is 2.21. The lowest BCUT2D eigenvalue weighted by Crippen LogP contribution is -2.18. The second kappa shape index (κ2) is 5.11. The fraction of sp³-hybridized carbons (Fsp3) is 0.286. The highest BCUT2D eigenvalue weighted by atomic mass is 32.1.